The minimum absolute atomic E-state index is 0.629. The summed E-state index contributed by atoms with van der Waals surface area (Å²) in [6, 6.07) is 5.99. The van der Waals surface area contributed by atoms with E-state index in [9.17, 15) is 0 Å². The van der Waals surface area contributed by atoms with E-state index in [4.69, 9.17) is 26.4 Å². The number of aromatic amines is 1. The molecule has 6 heteroatoms. The first kappa shape index (κ1) is 16.0. The third-order valence-corrected chi connectivity index (χ3v) is 3.50. The Hall–Kier alpha value is -1.37. The number of ether oxygens (including phenoxy) is 3. The van der Waals surface area contributed by atoms with Gasteiger partial charge in [-0.25, -0.2) is 0 Å². The summed E-state index contributed by atoms with van der Waals surface area (Å²) < 4.78 is 18.9. The van der Waals surface area contributed by atoms with E-state index in [-0.39, 0.29) is 0 Å². The maximum absolute atomic E-state index is 5.63. The molecule has 0 saturated carbocycles. The number of rotatable bonds is 9. The molecule has 0 unspecified atom stereocenters. The number of imidazole rings is 1. The Kier molecular flexibility index (Phi) is 6.22. The topological polar surface area (TPSA) is 48.4 Å². The normalized spacial score (nSPS) is 11.1. The van der Waals surface area contributed by atoms with Crippen LogP contribution < -0.4 is 4.74 Å². The van der Waals surface area contributed by atoms with Gasteiger partial charge < -0.3 is 23.8 Å². The molecule has 2 rings (SSSR count). The number of aryl methyl sites for hydroxylation is 1. The Morgan fingerprint density at radius 1 is 1.24 bits per heavy atom. The van der Waals surface area contributed by atoms with Crippen molar-refractivity contribution in [1.82, 2.24) is 9.55 Å². The average molecular weight is 310 g/mol. The third kappa shape index (κ3) is 4.06. The standard InChI is InChI=1S/C15H22N2O3S/c1-3-20-13-7-4-6-12-14(13)16-15(21)17(12)8-5-9-19-11-10-18-2/h4,6-7H,3,5,8-11H2,1-2H3,(H,16,21). The maximum atomic E-state index is 5.63. The number of fused-ring (bicyclic) bond motifs is 1. The molecular weight excluding hydrogens is 288 g/mol. The van der Waals surface area contributed by atoms with Crippen molar-refractivity contribution in [3.63, 3.8) is 0 Å². The Balaban J connectivity index is 2.04. The van der Waals surface area contributed by atoms with E-state index < -0.39 is 0 Å². The molecule has 1 aromatic carbocycles. The Labute approximate surface area is 129 Å². The minimum Gasteiger partial charge on any atom is -0.492 e. The number of methoxy groups -OCH3 is 1. The number of H-pyrrole nitrogens is 1. The van der Waals surface area contributed by atoms with E-state index in [1.807, 2.05) is 19.1 Å². The molecule has 0 aliphatic heterocycles. The monoisotopic (exact) mass is 310 g/mol. The van der Waals surface area contributed by atoms with Crippen LogP contribution in [0.4, 0.5) is 0 Å². The lowest BCUT2D eigenvalue weighted by molar-refractivity contribution is 0.0681. The summed E-state index contributed by atoms with van der Waals surface area (Å²) in [6.07, 6.45) is 0.907. The zero-order chi connectivity index (χ0) is 15.1. The van der Waals surface area contributed by atoms with Crippen molar-refractivity contribution in [2.45, 2.75) is 19.9 Å². The molecule has 0 amide bonds. The smallest absolute Gasteiger partial charge is 0.178 e. The summed E-state index contributed by atoms with van der Waals surface area (Å²) in [6.45, 7) is 5.39. The van der Waals surface area contributed by atoms with E-state index in [0.717, 1.165) is 29.7 Å². The Bertz CT molecular complexity index is 621. The number of hydrogen-bond donors (Lipinski definition) is 1. The number of hydrogen-bond acceptors (Lipinski definition) is 4. The van der Waals surface area contributed by atoms with E-state index in [1.54, 1.807) is 7.11 Å². The van der Waals surface area contributed by atoms with Crippen LogP contribution >= 0.6 is 12.2 Å². The minimum atomic E-state index is 0.629. The van der Waals surface area contributed by atoms with Crippen LogP contribution in [0.25, 0.3) is 11.0 Å². The highest BCUT2D eigenvalue weighted by Gasteiger charge is 2.08. The van der Waals surface area contributed by atoms with Crippen molar-refractivity contribution in [3.8, 4) is 5.75 Å². The summed E-state index contributed by atoms with van der Waals surface area (Å²) in [5, 5.41) is 0. The van der Waals surface area contributed by atoms with Gasteiger partial charge in [-0.3, -0.25) is 0 Å². The molecule has 1 aromatic heterocycles. The summed E-state index contributed by atoms with van der Waals surface area (Å²) in [4.78, 5) is 3.23. The van der Waals surface area contributed by atoms with Gasteiger partial charge in [0, 0.05) is 20.3 Å². The molecule has 1 N–H and O–H groups in total. The largest absolute Gasteiger partial charge is 0.492 e. The predicted molar refractivity (Wildman–Crippen MR) is 85.6 cm³/mol. The van der Waals surface area contributed by atoms with Gasteiger partial charge in [0.15, 0.2) is 4.77 Å². The fourth-order valence-electron chi connectivity index (χ4n) is 2.22. The lowest BCUT2D eigenvalue weighted by atomic mass is 10.3. The fourth-order valence-corrected chi connectivity index (χ4v) is 2.51. The molecule has 0 bridgehead atoms. The molecule has 5 nitrogen and oxygen atoms in total. The quantitative estimate of drug-likeness (QED) is 0.571. The van der Waals surface area contributed by atoms with Crippen LogP contribution in [0.1, 0.15) is 13.3 Å². The first-order valence-corrected chi connectivity index (χ1v) is 7.59. The molecule has 0 saturated heterocycles. The number of para-hydroxylation sites is 1. The van der Waals surface area contributed by atoms with Gasteiger partial charge in [-0.1, -0.05) is 6.07 Å². The first-order valence-electron chi connectivity index (χ1n) is 7.19. The Morgan fingerprint density at radius 2 is 2.10 bits per heavy atom. The van der Waals surface area contributed by atoms with Crippen LogP contribution in [0.2, 0.25) is 0 Å². The molecular formula is C15H22N2O3S. The second kappa shape index (κ2) is 8.17. The molecule has 116 valence electrons. The zero-order valence-electron chi connectivity index (χ0n) is 12.6. The highest BCUT2D eigenvalue weighted by Crippen LogP contribution is 2.25. The highest BCUT2D eigenvalue weighted by atomic mass is 32.1. The van der Waals surface area contributed by atoms with Crippen LogP contribution in [0.5, 0.6) is 5.75 Å². The molecule has 2 aromatic rings. The predicted octanol–water partition coefficient (Wildman–Crippen LogP) is 3.15. The summed E-state index contributed by atoms with van der Waals surface area (Å²) in [7, 11) is 1.67. The Morgan fingerprint density at radius 3 is 2.86 bits per heavy atom. The van der Waals surface area contributed by atoms with Crippen molar-refractivity contribution >= 4 is 23.3 Å². The average Bonchev–Trinajstić information content (AvgIpc) is 2.80. The van der Waals surface area contributed by atoms with Gasteiger partial charge >= 0.3 is 0 Å². The van der Waals surface area contributed by atoms with E-state index in [2.05, 4.69) is 15.6 Å². The second-order valence-electron chi connectivity index (χ2n) is 4.62. The number of benzene rings is 1. The fraction of sp³-hybridized carbons (Fsp3) is 0.533. The summed E-state index contributed by atoms with van der Waals surface area (Å²) in [5.74, 6) is 0.844. The molecule has 0 spiro atoms. The summed E-state index contributed by atoms with van der Waals surface area (Å²) in [5.41, 5.74) is 2.03. The van der Waals surface area contributed by atoms with Gasteiger partial charge in [0.2, 0.25) is 0 Å². The number of nitrogens with one attached hydrogen (secondary N) is 1. The van der Waals surface area contributed by atoms with E-state index >= 15 is 0 Å². The maximum Gasteiger partial charge on any atom is 0.178 e. The lowest BCUT2D eigenvalue weighted by Crippen LogP contribution is -2.06. The lowest BCUT2D eigenvalue weighted by Gasteiger charge is -2.07. The van der Waals surface area contributed by atoms with Gasteiger partial charge in [0.05, 0.1) is 25.3 Å². The molecule has 0 fully saturated rings. The van der Waals surface area contributed by atoms with Crippen LogP contribution in [-0.4, -0.2) is 43.1 Å². The second-order valence-corrected chi connectivity index (χ2v) is 5.01. The molecule has 0 aliphatic rings. The van der Waals surface area contributed by atoms with Crippen molar-refractivity contribution in [2.24, 2.45) is 0 Å². The first-order chi connectivity index (χ1) is 10.3. The van der Waals surface area contributed by atoms with Crippen LogP contribution in [-0.2, 0) is 16.0 Å². The van der Waals surface area contributed by atoms with Crippen LogP contribution in [0.3, 0.4) is 0 Å². The number of nitrogens with zero attached hydrogens (tertiary/aromatic N) is 1. The van der Waals surface area contributed by atoms with Gasteiger partial charge in [0.1, 0.15) is 11.3 Å². The molecule has 21 heavy (non-hydrogen) atoms. The van der Waals surface area contributed by atoms with Crippen molar-refractivity contribution in [1.29, 1.82) is 0 Å². The van der Waals surface area contributed by atoms with Gasteiger partial charge in [-0.2, -0.15) is 0 Å². The van der Waals surface area contributed by atoms with Crippen LogP contribution in [0.15, 0.2) is 18.2 Å². The third-order valence-electron chi connectivity index (χ3n) is 3.17. The molecule has 0 aliphatic carbocycles. The van der Waals surface area contributed by atoms with Gasteiger partial charge in [0.25, 0.3) is 0 Å². The summed E-state index contributed by atoms with van der Waals surface area (Å²) >= 11 is 5.41. The van der Waals surface area contributed by atoms with Crippen LogP contribution in [0, 0.1) is 4.77 Å². The molecule has 1 heterocycles. The van der Waals surface area contributed by atoms with Crippen molar-refractivity contribution in [2.75, 3.05) is 33.5 Å². The molecule has 0 radical (unpaired) electrons. The van der Waals surface area contributed by atoms with E-state index in [1.165, 1.54) is 0 Å². The molecule has 0 atom stereocenters. The van der Waals surface area contributed by atoms with Crippen molar-refractivity contribution < 1.29 is 14.2 Å². The van der Waals surface area contributed by atoms with Gasteiger partial charge in [-0.05, 0) is 37.7 Å². The van der Waals surface area contributed by atoms with E-state index in [0.29, 0.717) is 31.2 Å². The number of aromatic nitrogens is 2. The van der Waals surface area contributed by atoms with Gasteiger partial charge in [-0.15, -0.1) is 0 Å². The van der Waals surface area contributed by atoms with Crippen molar-refractivity contribution in [3.05, 3.63) is 23.0 Å². The zero-order valence-corrected chi connectivity index (χ0v) is 13.4. The SMILES string of the molecule is CCOc1cccc2c1[nH]c(=S)n2CCCOCCOC. The highest BCUT2D eigenvalue weighted by molar-refractivity contribution is 7.71.